The Labute approximate surface area is 122 Å². The Morgan fingerprint density at radius 3 is 3.00 bits per heavy atom. The van der Waals surface area contributed by atoms with Gasteiger partial charge >= 0.3 is 0 Å². The smallest absolute Gasteiger partial charge is 0.261 e. The van der Waals surface area contributed by atoms with Crippen molar-refractivity contribution in [2.75, 3.05) is 20.3 Å². The lowest BCUT2D eigenvalue weighted by atomic mass is 10.2. The maximum absolute atomic E-state index is 12.2. The standard InChI is InChI=1S/C15H19N3O3/c1-21-10-4-8-16-14(19)7-9-18-11-17-13-6-3-2-5-12(13)15(18)20/h2-3,5-6,11H,4,7-10H2,1H3,(H,16,19). The van der Waals surface area contributed by atoms with E-state index in [-0.39, 0.29) is 17.9 Å². The van der Waals surface area contributed by atoms with Gasteiger partial charge in [0.25, 0.3) is 5.56 Å². The Morgan fingerprint density at radius 1 is 1.38 bits per heavy atom. The average Bonchev–Trinajstić information content (AvgIpc) is 2.51. The number of ether oxygens (including phenoxy) is 1. The van der Waals surface area contributed by atoms with E-state index in [0.29, 0.717) is 30.6 Å². The van der Waals surface area contributed by atoms with E-state index in [1.54, 1.807) is 25.3 Å². The molecule has 0 aliphatic heterocycles. The lowest BCUT2D eigenvalue weighted by Crippen LogP contribution is -2.28. The van der Waals surface area contributed by atoms with Crippen molar-refractivity contribution < 1.29 is 9.53 Å². The van der Waals surface area contributed by atoms with Crippen molar-refractivity contribution >= 4 is 16.8 Å². The molecule has 1 N–H and O–H groups in total. The highest BCUT2D eigenvalue weighted by Crippen LogP contribution is 2.04. The highest BCUT2D eigenvalue weighted by atomic mass is 16.5. The van der Waals surface area contributed by atoms with E-state index in [1.807, 2.05) is 6.07 Å². The molecule has 112 valence electrons. The summed E-state index contributed by atoms with van der Waals surface area (Å²) in [5.74, 6) is -0.0776. The molecule has 0 saturated heterocycles. The van der Waals surface area contributed by atoms with Crippen LogP contribution in [-0.4, -0.2) is 35.7 Å². The van der Waals surface area contributed by atoms with Gasteiger partial charge in [-0.3, -0.25) is 14.2 Å². The number of fused-ring (bicyclic) bond motifs is 1. The normalized spacial score (nSPS) is 10.7. The van der Waals surface area contributed by atoms with Crippen LogP contribution in [0.5, 0.6) is 0 Å². The fourth-order valence-electron chi connectivity index (χ4n) is 2.02. The van der Waals surface area contributed by atoms with Crippen LogP contribution >= 0.6 is 0 Å². The van der Waals surface area contributed by atoms with E-state index in [2.05, 4.69) is 10.3 Å². The predicted octanol–water partition coefficient (Wildman–Crippen LogP) is 0.939. The summed E-state index contributed by atoms with van der Waals surface area (Å²) >= 11 is 0. The third-order valence-corrected chi connectivity index (χ3v) is 3.16. The zero-order chi connectivity index (χ0) is 15.1. The van der Waals surface area contributed by atoms with Gasteiger partial charge in [0.15, 0.2) is 0 Å². The number of methoxy groups -OCH3 is 1. The summed E-state index contributed by atoms with van der Waals surface area (Å²) in [5, 5.41) is 3.36. The third-order valence-electron chi connectivity index (χ3n) is 3.16. The zero-order valence-electron chi connectivity index (χ0n) is 12.0. The molecule has 0 saturated carbocycles. The van der Waals surface area contributed by atoms with Gasteiger partial charge in [-0.25, -0.2) is 4.98 Å². The molecule has 0 radical (unpaired) electrons. The summed E-state index contributed by atoms with van der Waals surface area (Å²) in [6.07, 6.45) is 2.52. The van der Waals surface area contributed by atoms with Crippen LogP contribution in [0, 0.1) is 0 Å². The van der Waals surface area contributed by atoms with Crippen LogP contribution in [0.15, 0.2) is 35.4 Å². The van der Waals surface area contributed by atoms with Crippen LogP contribution in [0.3, 0.4) is 0 Å². The molecule has 1 aromatic heterocycles. The van der Waals surface area contributed by atoms with Gasteiger partial charge in [0.1, 0.15) is 0 Å². The first-order valence-electron chi connectivity index (χ1n) is 6.92. The summed E-state index contributed by atoms with van der Waals surface area (Å²) in [5.41, 5.74) is 0.551. The summed E-state index contributed by atoms with van der Waals surface area (Å²) in [4.78, 5) is 28.1. The number of rotatable bonds is 7. The van der Waals surface area contributed by atoms with Gasteiger partial charge in [-0.05, 0) is 18.6 Å². The number of nitrogens with zero attached hydrogens (tertiary/aromatic N) is 2. The maximum atomic E-state index is 12.2. The van der Waals surface area contributed by atoms with Gasteiger partial charge < -0.3 is 10.1 Å². The van der Waals surface area contributed by atoms with Crippen LogP contribution in [0.1, 0.15) is 12.8 Å². The second-order valence-electron chi connectivity index (χ2n) is 4.71. The highest BCUT2D eigenvalue weighted by Gasteiger charge is 2.05. The first-order chi connectivity index (χ1) is 10.2. The minimum absolute atomic E-state index is 0.0776. The quantitative estimate of drug-likeness (QED) is 0.770. The van der Waals surface area contributed by atoms with Crippen molar-refractivity contribution in [1.29, 1.82) is 0 Å². The Kier molecular flexibility index (Phi) is 5.45. The number of amides is 1. The number of nitrogens with one attached hydrogen (secondary N) is 1. The molecule has 0 aliphatic rings. The fourth-order valence-corrected chi connectivity index (χ4v) is 2.02. The van der Waals surface area contributed by atoms with Crippen LogP contribution in [0.2, 0.25) is 0 Å². The van der Waals surface area contributed by atoms with Gasteiger partial charge in [-0.15, -0.1) is 0 Å². The monoisotopic (exact) mass is 289 g/mol. The van der Waals surface area contributed by atoms with Gasteiger partial charge in [0.2, 0.25) is 5.91 Å². The molecule has 0 atom stereocenters. The van der Waals surface area contributed by atoms with E-state index in [1.165, 1.54) is 10.9 Å². The Morgan fingerprint density at radius 2 is 2.19 bits per heavy atom. The highest BCUT2D eigenvalue weighted by molar-refractivity contribution is 5.77. The summed E-state index contributed by atoms with van der Waals surface area (Å²) in [6.45, 7) is 1.53. The van der Waals surface area contributed by atoms with Crippen LogP contribution in [0.4, 0.5) is 0 Å². The van der Waals surface area contributed by atoms with Crippen LogP contribution in [-0.2, 0) is 16.1 Å². The number of carbonyl (C=O) groups excluding carboxylic acids is 1. The van der Waals surface area contributed by atoms with E-state index < -0.39 is 0 Å². The van der Waals surface area contributed by atoms with Gasteiger partial charge in [-0.2, -0.15) is 0 Å². The molecule has 1 amide bonds. The average molecular weight is 289 g/mol. The molecule has 0 spiro atoms. The molecule has 0 aliphatic carbocycles. The minimum atomic E-state index is -0.118. The van der Waals surface area contributed by atoms with Crippen molar-refractivity contribution in [1.82, 2.24) is 14.9 Å². The second kappa shape index (κ2) is 7.54. The largest absolute Gasteiger partial charge is 0.385 e. The van der Waals surface area contributed by atoms with Gasteiger partial charge in [0, 0.05) is 33.2 Å². The summed E-state index contributed by atoms with van der Waals surface area (Å²) in [6, 6.07) is 7.18. The second-order valence-corrected chi connectivity index (χ2v) is 4.71. The molecule has 2 aromatic rings. The molecular formula is C15H19N3O3. The summed E-state index contributed by atoms with van der Waals surface area (Å²) < 4.78 is 6.37. The zero-order valence-corrected chi connectivity index (χ0v) is 12.0. The van der Waals surface area contributed by atoms with Crippen molar-refractivity contribution in [2.24, 2.45) is 0 Å². The topological polar surface area (TPSA) is 73.2 Å². The number of para-hydroxylation sites is 1. The first-order valence-corrected chi connectivity index (χ1v) is 6.92. The lowest BCUT2D eigenvalue weighted by molar-refractivity contribution is -0.121. The van der Waals surface area contributed by atoms with Crippen LogP contribution in [0.25, 0.3) is 10.9 Å². The Bertz CT molecular complexity index is 667. The number of hydrogen-bond donors (Lipinski definition) is 1. The Balaban J connectivity index is 1.93. The van der Waals surface area contributed by atoms with Crippen molar-refractivity contribution in [3.05, 3.63) is 40.9 Å². The van der Waals surface area contributed by atoms with E-state index in [4.69, 9.17) is 4.74 Å². The van der Waals surface area contributed by atoms with E-state index >= 15 is 0 Å². The molecule has 1 aromatic carbocycles. The molecular weight excluding hydrogens is 270 g/mol. The minimum Gasteiger partial charge on any atom is -0.385 e. The van der Waals surface area contributed by atoms with E-state index in [9.17, 15) is 9.59 Å². The predicted molar refractivity (Wildman–Crippen MR) is 80.1 cm³/mol. The lowest BCUT2D eigenvalue weighted by Gasteiger charge is -2.07. The molecule has 6 nitrogen and oxygen atoms in total. The fraction of sp³-hybridized carbons (Fsp3) is 0.400. The number of aromatic nitrogens is 2. The van der Waals surface area contributed by atoms with Crippen molar-refractivity contribution in [3.63, 3.8) is 0 Å². The van der Waals surface area contributed by atoms with Gasteiger partial charge in [0.05, 0.1) is 17.2 Å². The van der Waals surface area contributed by atoms with Crippen LogP contribution < -0.4 is 10.9 Å². The molecule has 6 heteroatoms. The third kappa shape index (κ3) is 4.13. The molecule has 0 fully saturated rings. The van der Waals surface area contributed by atoms with Crippen molar-refractivity contribution in [3.8, 4) is 0 Å². The molecule has 2 rings (SSSR count). The number of benzene rings is 1. The Hall–Kier alpha value is -2.21. The molecule has 21 heavy (non-hydrogen) atoms. The number of hydrogen-bond acceptors (Lipinski definition) is 4. The number of carbonyl (C=O) groups is 1. The van der Waals surface area contributed by atoms with Gasteiger partial charge in [-0.1, -0.05) is 12.1 Å². The molecule has 1 heterocycles. The summed E-state index contributed by atoms with van der Waals surface area (Å²) in [7, 11) is 1.63. The number of aryl methyl sites for hydroxylation is 1. The molecule has 0 unspecified atom stereocenters. The SMILES string of the molecule is COCCCNC(=O)CCn1cnc2ccccc2c1=O. The van der Waals surface area contributed by atoms with E-state index in [0.717, 1.165) is 6.42 Å². The van der Waals surface area contributed by atoms with Crippen molar-refractivity contribution in [2.45, 2.75) is 19.4 Å². The first kappa shape index (κ1) is 15.2. The molecule has 0 bridgehead atoms. The maximum Gasteiger partial charge on any atom is 0.261 e.